The first-order chi connectivity index (χ1) is 7.11. The summed E-state index contributed by atoms with van der Waals surface area (Å²) in [6, 6.07) is 1.98. The largest absolute Gasteiger partial charge is 0.355 e. The summed E-state index contributed by atoms with van der Waals surface area (Å²) in [5.41, 5.74) is 0. The molecular formula is C10H18N2O2S. The lowest BCUT2D eigenvalue weighted by Crippen LogP contribution is -2.31. The van der Waals surface area contributed by atoms with Crippen LogP contribution in [-0.4, -0.2) is 28.7 Å². The highest BCUT2D eigenvalue weighted by atomic mass is 32.2. The van der Waals surface area contributed by atoms with E-state index in [1.54, 1.807) is 6.26 Å². The summed E-state index contributed by atoms with van der Waals surface area (Å²) in [5.74, 6) is -0.158. The van der Waals surface area contributed by atoms with E-state index in [4.69, 9.17) is 5.26 Å². The molecule has 2 unspecified atom stereocenters. The Kier molecular flexibility index (Phi) is 7.92. The summed E-state index contributed by atoms with van der Waals surface area (Å²) in [7, 11) is -0.812. The number of hydrogen-bond donors (Lipinski definition) is 1. The maximum absolute atomic E-state index is 11.4. The van der Waals surface area contributed by atoms with Crippen molar-refractivity contribution in [1.29, 1.82) is 5.26 Å². The second-order valence-corrected chi connectivity index (χ2v) is 4.95. The molecule has 0 spiro atoms. The average molecular weight is 230 g/mol. The van der Waals surface area contributed by atoms with Crippen molar-refractivity contribution in [3.05, 3.63) is 0 Å². The fraction of sp³-hybridized carbons (Fsp3) is 0.800. The van der Waals surface area contributed by atoms with Crippen LogP contribution in [0.15, 0.2) is 0 Å². The first kappa shape index (κ1) is 14.1. The van der Waals surface area contributed by atoms with Gasteiger partial charge in [0.2, 0.25) is 5.91 Å². The van der Waals surface area contributed by atoms with Gasteiger partial charge in [-0.3, -0.25) is 9.00 Å². The predicted molar refractivity (Wildman–Crippen MR) is 60.6 cm³/mol. The zero-order valence-electron chi connectivity index (χ0n) is 9.28. The van der Waals surface area contributed by atoms with Crippen LogP contribution in [0.1, 0.15) is 26.2 Å². The third-order valence-corrected chi connectivity index (χ3v) is 2.82. The Labute approximate surface area is 93.5 Å². The second kappa shape index (κ2) is 8.42. The molecule has 1 amide bonds. The highest BCUT2D eigenvalue weighted by Crippen LogP contribution is 2.04. The Balaban J connectivity index is 3.72. The highest BCUT2D eigenvalue weighted by Gasteiger charge is 2.15. The molecule has 4 nitrogen and oxygen atoms in total. The van der Waals surface area contributed by atoms with Crippen molar-refractivity contribution in [2.24, 2.45) is 5.92 Å². The molecule has 0 saturated carbocycles. The van der Waals surface area contributed by atoms with Crippen molar-refractivity contribution in [2.75, 3.05) is 18.6 Å². The van der Waals surface area contributed by atoms with Crippen LogP contribution in [0, 0.1) is 17.2 Å². The SMILES string of the molecule is CCCC(C#N)C(=O)NCCCS(C)=O. The van der Waals surface area contributed by atoms with E-state index in [9.17, 15) is 9.00 Å². The zero-order chi connectivity index (χ0) is 11.7. The molecule has 0 bridgehead atoms. The molecule has 0 heterocycles. The van der Waals surface area contributed by atoms with Gasteiger partial charge in [-0.25, -0.2) is 0 Å². The van der Waals surface area contributed by atoms with Crippen LogP contribution in [0.3, 0.4) is 0 Å². The Morgan fingerprint density at radius 2 is 2.27 bits per heavy atom. The van der Waals surface area contributed by atoms with E-state index in [0.717, 1.165) is 6.42 Å². The van der Waals surface area contributed by atoms with Crippen molar-refractivity contribution < 1.29 is 9.00 Å². The van der Waals surface area contributed by atoms with Gasteiger partial charge < -0.3 is 5.32 Å². The average Bonchev–Trinajstić information content (AvgIpc) is 2.20. The van der Waals surface area contributed by atoms with Gasteiger partial charge in [0.05, 0.1) is 6.07 Å². The lowest BCUT2D eigenvalue weighted by atomic mass is 10.1. The summed E-state index contributed by atoms with van der Waals surface area (Å²) in [4.78, 5) is 11.4. The number of rotatable bonds is 7. The zero-order valence-corrected chi connectivity index (χ0v) is 10.1. The number of nitrogens with one attached hydrogen (secondary N) is 1. The number of nitriles is 1. The van der Waals surface area contributed by atoms with Gasteiger partial charge >= 0.3 is 0 Å². The third kappa shape index (κ3) is 7.09. The monoisotopic (exact) mass is 230 g/mol. The fourth-order valence-electron chi connectivity index (χ4n) is 1.15. The number of nitrogens with zero attached hydrogens (tertiary/aromatic N) is 1. The molecule has 0 fully saturated rings. The summed E-state index contributed by atoms with van der Waals surface area (Å²) >= 11 is 0. The Bertz CT molecular complexity index is 261. The molecule has 15 heavy (non-hydrogen) atoms. The molecule has 1 N–H and O–H groups in total. The molecule has 0 aliphatic heterocycles. The van der Waals surface area contributed by atoms with Gasteiger partial charge in [-0.2, -0.15) is 5.26 Å². The molecule has 0 aromatic heterocycles. The maximum atomic E-state index is 11.4. The highest BCUT2D eigenvalue weighted by molar-refractivity contribution is 7.84. The minimum absolute atomic E-state index is 0.207. The Morgan fingerprint density at radius 3 is 2.73 bits per heavy atom. The minimum Gasteiger partial charge on any atom is -0.355 e. The van der Waals surface area contributed by atoms with E-state index < -0.39 is 16.7 Å². The Morgan fingerprint density at radius 1 is 1.60 bits per heavy atom. The predicted octanol–water partition coefficient (Wildman–Crippen LogP) is 0.811. The molecule has 2 atom stereocenters. The second-order valence-electron chi connectivity index (χ2n) is 3.39. The standard InChI is InChI=1S/C10H18N2O2S/c1-3-5-9(8-11)10(13)12-6-4-7-15(2)14/h9H,3-7H2,1-2H3,(H,12,13). The topological polar surface area (TPSA) is 70.0 Å². The Hall–Kier alpha value is -0.890. The number of carbonyl (C=O) groups excluding carboxylic acids is 1. The van der Waals surface area contributed by atoms with Gasteiger partial charge in [0.1, 0.15) is 5.92 Å². The van der Waals surface area contributed by atoms with E-state index in [1.165, 1.54) is 0 Å². The van der Waals surface area contributed by atoms with Crippen LogP contribution in [0.4, 0.5) is 0 Å². The minimum atomic E-state index is -0.812. The molecule has 0 aromatic rings. The van der Waals surface area contributed by atoms with Crippen LogP contribution in [0.5, 0.6) is 0 Å². The van der Waals surface area contributed by atoms with E-state index in [0.29, 0.717) is 25.1 Å². The van der Waals surface area contributed by atoms with Crippen LogP contribution < -0.4 is 5.32 Å². The molecule has 0 aliphatic rings. The first-order valence-corrected chi connectivity index (χ1v) is 6.81. The van der Waals surface area contributed by atoms with Crippen LogP contribution in [0.2, 0.25) is 0 Å². The van der Waals surface area contributed by atoms with Gasteiger partial charge in [-0.15, -0.1) is 0 Å². The molecule has 0 saturated heterocycles. The van der Waals surface area contributed by atoms with E-state index >= 15 is 0 Å². The van der Waals surface area contributed by atoms with Crippen LogP contribution in [-0.2, 0) is 15.6 Å². The quantitative estimate of drug-likeness (QED) is 0.658. The molecule has 86 valence electrons. The van der Waals surface area contributed by atoms with Gasteiger partial charge in [0, 0.05) is 29.4 Å². The molecule has 0 aromatic carbocycles. The van der Waals surface area contributed by atoms with Crippen molar-refractivity contribution in [1.82, 2.24) is 5.32 Å². The van der Waals surface area contributed by atoms with Gasteiger partial charge in [-0.1, -0.05) is 13.3 Å². The molecule has 0 radical (unpaired) electrons. The van der Waals surface area contributed by atoms with Gasteiger partial charge in [0.25, 0.3) is 0 Å². The number of hydrogen-bond acceptors (Lipinski definition) is 3. The molecule has 0 aliphatic carbocycles. The van der Waals surface area contributed by atoms with Crippen LogP contribution in [0.25, 0.3) is 0 Å². The van der Waals surface area contributed by atoms with E-state index in [2.05, 4.69) is 5.32 Å². The fourth-order valence-corrected chi connectivity index (χ4v) is 1.70. The van der Waals surface area contributed by atoms with Crippen molar-refractivity contribution in [3.63, 3.8) is 0 Å². The summed E-state index contributed by atoms with van der Waals surface area (Å²) in [6.45, 7) is 2.44. The van der Waals surface area contributed by atoms with Gasteiger partial charge in [-0.05, 0) is 12.8 Å². The van der Waals surface area contributed by atoms with E-state index in [-0.39, 0.29) is 5.91 Å². The van der Waals surface area contributed by atoms with Gasteiger partial charge in [0.15, 0.2) is 0 Å². The molecule has 5 heteroatoms. The summed E-state index contributed by atoms with van der Waals surface area (Å²) in [6.07, 6.45) is 3.75. The molecule has 0 rings (SSSR count). The lowest BCUT2D eigenvalue weighted by molar-refractivity contribution is -0.123. The van der Waals surface area contributed by atoms with Crippen molar-refractivity contribution in [2.45, 2.75) is 26.2 Å². The van der Waals surface area contributed by atoms with Crippen molar-refractivity contribution in [3.8, 4) is 6.07 Å². The van der Waals surface area contributed by atoms with E-state index in [1.807, 2.05) is 13.0 Å². The smallest absolute Gasteiger partial charge is 0.237 e. The number of carbonyl (C=O) groups is 1. The third-order valence-electron chi connectivity index (χ3n) is 1.96. The van der Waals surface area contributed by atoms with Crippen molar-refractivity contribution >= 4 is 16.7 Å². The molecular weight excluding hydrogens is 212 g/mol. The lowest BCUT2D eigenvalue weighted by Gasteiger charge is -2.08. The first-order valence-electron chi connectivity index (χ1n) is 5.09. The normalized spacial score (nSPS) is 13.9. The number of amides is 1. The summed E-state index contributed by atoms with van der Waals surface area (Å²) in [5, 5.41) is 11.4. The summed E-state index contributed by atoms with van der Waals surface area (Å²) < 4.78 is 10.7. The van der Waals surface area contributed by atoms with Crippen LogP contribution >= 0.6 is 0 Å². The maximum Gasteiger partial charge on any atom is 0.237 e.